The molecular formula is C19H21ClN2. The summed E-state index contributed by atoms with van der Waals surface area (Å²) < 4.78 is 0. The summed E-state index contributed by atoms with van der Waals surface area (Å²) in [6.45, 7) is 4.40. The molecule has 2 nitrogen and oxygen atoms in total. The van der Waals surface area contributed by atoms with Crippen molar-refractivity contribution in [3.05, 3.63) is 58.6 Å². The molecule has 1 aliphatic rings. The molecule has 1 fully saturated rings. The third kappa shape index (κ3) is 3.69. The second kappa shape index (κ2) is 6.97. The van der Waals surface area contributed by atoms with Gasteiger partial charge in [0.25, 0.3) is 0 Å². The quantitative estimate of drug-likeness (QED) is 0.694. The Balaban J connectivity index is 1.72. The van der Waals surface area contributed by atoms with Crippen LogP contribution in [-0.2, 0) is 0 Å². The number of hydrogen-bond donors (Lipinski definition) is 0. The Bertz CT molecular complexity index is 656. The summed E-state index contributed by atoms with van der Waals surface area (Å²) in [4.78, 5) is 7.02. The highest BCUT2D eigenvalue weighted by molar-refractivity contribution is 6.30. The summed E-state index contributed by atoms with van der Waals surface area (Å²) in [5.41, 5.74) is 4.48. The SMILES string of the molecule is Cc1ccc(Cl)cc1N=Cc1ccc(N2CCCCC2)cc1. The Morgan fingerprint density at radius 2 is 1.73 bits per heavy atom. The molecule has 0 N–H and O–H groups in total. The first-order valence-corrected chi connectivity index (χ1v) is 8.25. The zero-order valence-corrected chi connectivity index (χ0v) is 13.7. The Kier molecular flexibility index (Phi) is 4.79. The minimum absolute atomic E-state index is 0.721. The van der Waals surface area contributed by atoms with Gasteiger partial charge in [0.2, 0.25) is 0 Å². The lowest BCUT2D eigenvalue weighted by Gasteiger charge is -2.28. The van der Waals surface area contributed by atoms with E-state index in [4.69, 9.17) is 11.6 Å². The largest absolute Gasteiger partial charge is 0.372 e. The van der Waals surface area contributed by atoms with Gasteiger partial charge in [-0.2, -0.15) is 0 Å². The van der Waals surface area contributed by atoms with E-state index in [2.05, 4.69) is 34.2 Å². The zero-order valence-electron chi connectivity index (χ0n) is 12.9. The summed E-state index contributed by atoms with van der Waals surface area (Å²) in [5, 5.41) is 0.721. The van der Waals surface area contributed by atoms with Gasteiger partial charge in [-0.15, -0.1) is 0 Å². The molecule has 114 valence electrons. The molecule has 0 aromatic heterocycles. The molecule has 1 aliphatic heterocycles. The minimum Gasteiger partial charge on any atom is -0.372 e. The normalized spacial score (nSPS) is 15.5. The molecule has 0 amide bonds. The van der Waals surface area contributed by atoms with Gasteiger partial charge in [-0.1, -0.05) is 29.8 Å². The van der Waals surface area contributed by atoms with Crippen LogP contribution in [0.5, 0.6) is 0 Å². The Morgan fingerprint density at radius 1 is 1.00 bits per heavy atom. The average Bonchev–Trinajstić information content (AvgIpc) is 2.57. The number of rotatable bonds is 3. The van der Waals surface area contributed by atoms with E-state index >= 15 is 0 Å². The number of benzene rings is 2. The van der Waals surface area contributed by atoms with E-state index < -0.39 is 0 Å². The fourth-order valence-electron chi connectivity index (χ4n) is 2.79. The van der Waals surface area contributed by atoms with Gasteiger partial charge < -0.3 is 4.90 Å². The molecule has 3 rings (SSSR count). The van der Waals surface area contributed by atoms with Crippen LogP contribution in [-0.4, -0.2) is 19.3 Å². The molecule has 22 heavy (non-hydrogen) atoms. The summed E-state index contributed by atoms with van der Waals surface area (Å²) in [6.07, 6.45) is 5.87. The van der Waals surface area contributed by atoms with Crippen molar-refractivity contribution in [2.45, 2.75) is 26.2 Å². The van der Waals surface area contributed by atoms with Crippen LogP contribution < -0.4 is 4.90 Å². The number of halogens is 1. The highest BCUT2D eigenvalue weighted by Crippen LogP contribution is 2.23. The number of nitrogens with zero attached hydrogens (tertiary/aromatic N) is 2. The van der Waals surface area contributed by atoms with Crippen LogP contribution >= 0.6 is 11.6 Å². The maximum Gasteiger partial charge on any atom is 0.0673 e. The Labute approximate surface area is 137 Å². The topological polar surface area (TPSA) is 15.6 Å². The van der Waals surface area contributed by atoms with Crippen LogP contribution in [0.25, 0.3) is 0 Å². The number of piperidine rings is 1. The van der Waals surface area contributed by atoms with Gasteiger partial charge in [0, 0.05) is 30.0 Å². The molecule has 0 atom stereocenters. The van der Waals surface area contributed by atoms with E-state index in [0.29, 0.717) is 0 Å². The second-order valence-electron chi connectivity index (χ2n) is 5.83. The van der Waals surface area contributed by atoms with E-state index in [1.165, 1.54) is 38.0 Å². The highest BCUT2D eigenvalue weighted by Gasteiger charge is 2.10. The van der Waals surface area contributed by atoms with E-state index in [0.717, 1.165) is 21.8 Å². The van der Waals surface area contributed by atoms with Crippen LogP contribution in [0.4, 0.5) is 11.4 Å². The van der Waals surface area contributed by atoms with Crippen LogP contribution in [0.3, 0.4) is 0 Å². The van der Waals surface area contributed by atoms with Gasteiger partial charge in [0.1, 0.15) is 0 Å². The molecule has 0 saturated carbocycles. The van der Waals surface area contributed by atoms with Crippen molar-refractivity contribution in [1.29, 1.82) is 0 Å². The molecule has 1 heterocycles. The van der Waals surface area contributed by atoms with Crippen molar-refractivity contribution in [3.63, 3.8) is 0 Å². The van der Waals surface area contributed by atoms with Crippen LogP contribution in [0.2, 0.25) is 5.02 Å². The van der Waals surface area contributed by atoms with Crippen molar-refractivity contribution in [2.24, 2.45) is 4.99 Å². The Hall–Kier alpha value is -1.80. The van der Waals surface area contributed by atoms with Gasteiger partial charge in [0.15, 0.2) is 0 Å². The fourth-order valence-corrected chi connectivity index (χ4v) is 2.96. The Morgan fingerprint density at radius 3 is 2.45 bits per heavy atom. The standard InChI is InChI=1S/C19H21ClN2/c1-15-5-8-17(20)13-19(15)21-14-16-6-9-18(10-7-16)22-11-3-2-4-12-22/h5-10,13-14H,2-4,11-12H2,1H3. The predicted octanol–water partition coefficient (Wildman–Crippen LogP) is 5.39. The molecule has 0 spiro atoms. The van der Waals surface area contributed by atoms with E-state index in [1.54, 1.807) is 0 Å². The summed E-state index contributed by atoms with van der Waals surface area (Å²) in [5.74, 6) is 0. The number of aryl methyl sites for hydroxylation is 1. The molecule has 0 aliphatic carbocycles. The third-order valence-corrected chi connectivity index (χ3v) is 4.37. The van der Waals surface area contributed by atoms with Crippen LogP contribution in [0, 0.1) is 6.92 Å². The predicted molar refractivity (Wildman–Crippen MR) is 95.9 cm³/mol. The van der Waals surface area contributed by atoms with Crippen LogP contribution in [0.1, 0.15) is 30.4 Å². The van der Waals surface area contributed by atoms with Crippen molar-refractivity contribution in [2.75, 3.05) is 18.0 Å². The first kappa shape index (κ1) is 15.1. The third-order valence-electron chi connectivity index (χ3n) is 4.14. The van der Waals surface area contributed by atoms with Crippen molar-refractivity contribution < 1.29 is 0 Å². The van der Waals surface area contributed by atoms with Gasteiger partial charge in [-0.05, 0) is 61.6 Å². The van der Waals surface area contributed by atoms with Crippen molar-refractivity contribution >= 4 is 29.2 Å². The second-order valence-corrected chi connectivity index (χ2v) is 6.26. The lowest BCUT2D eigenvalue weighted by Crippen LogP contribution is -2.29. The smallest absolute Gasteiger partial charge is 0.0673 e. The van der Waals surface area contributed by atoms with Gasteiger partial charge in [0.05, 0.1) is 5.69 Å². The summed E-state index contributed by atoms with van der Waals surface area (Å²) >= 11 is 6.03. The molecule has 1 saturated heterocycles. The first-order chi connectivity index (χ1) is 10.7. The molecule has 2 aromatic rings. The number of aliphatic imine (C=N–C) groups is 1. The first-order valence-electron chi connectivity index (χ1n) is 7.87. The maximum atomic E-state index is 6.03. The van der Waals surface area contributed by atoms with E-state index in [-0.39, 0.29) is 0 Å². The van der Waals surface area contributed by atoms with Crippen molar-refractivity contribution in [1.82, 2.24) is 0 Å². The monoisotopic (exact) mass is 312 g/mol. The zero-order chi connectivity index (χ0) is 15.4. The number of anilines is 1. The van der Waals surface area contributed by atoms with Crippen molar-refractivity contribution in [3.8, 4) is 0 Å². The molecule has 3 heteroatoms. The molecule has 0 unspecified atom stereocenters. The molecule has 2 aromatic carbocycles. The maximum absolute atomic E-state index is 6.03. The van der Waals surface area contributed by atoms with E-state index in [9.17, 15) is 0 Å². The summed E-state index contributed by atoms with van der Waals surface area (Å²) in [6, 6.07) is 14.4. The van der Waals surface area contributed by atoms with Crippen LogP contribution in [0.15, 0.2) is 47.5 Å². The number of hydrogen-bond acceptors (Lipinski definition) is 2. The average molecular weight is 313 g/mol. The fraction of sp³-hybridized carbons (Fsp3) is 0.316. The van der Waals surface area contributed by atoms with Gasteiger partial charge in [-0.3, -0.25) is 4.99 Å². The molecular weight excluding hydrogens is 292 g/mol. The summed E-state index contributed by atoms with van der Waals surface area (Å²) in [7, 11) is 0. The minimum atomic E-state index is 0.721. The molecule has 0 radical (unpaired) electrons. The lowest BCUT2D eigenvalue weighted by atomic mass is 10.1. The lowest BCUT2D eigenvalue weighted by molar-refractivity contribution is 0.578. The molecule has 0 bridgehead atoms. The van der Waals surface area contributed by atoms with Gasteiger partial charge >= 0.3 is 0 Å². The van der Waals surface area contributed by atoms with E-state index in [1.807, 2.05) is 31.3 Å². The highest BCUT2D eigenvalue weighted by atomic mass is 35.5. The van der Waals surface area contributed by atoms with Gasteiger partial charge in [-0.25, -0.2) is 0 Å².